The third-order valence-corrected chi connectivity index (χ3v) is 8.71. The zero-order chi connectivity index (χ0) is 29.0. The lowest BCUT2D eigenvalue weighted by atomic mass is 9.63. The van der Waals surface area contributed by atoms with E-state index in [4.69, 9.17) is 9.47 Å². The summed E-state index contributed by atoms with van der Waals surface area (Å²) in [6, 6.07) is 23.6. The second-order valence-corrected chi connectivity index (χ2v) is 10.6. The molecule has 8 nitrogen and oxygen atoms in total. The van der Waals surface area contributed by atoms with E-state index in [1.165, 1.54) is 14.2 Å². The maximum Gasteiger partial charge on any atom is 0.238 e. The second-order valence-electron chi connectivity index (χ2n) is 10.6. The fourth-order valence-electron chi connectivity index (χ4n) is 7.00. The van der Waals surface area contributed by atoms with Crippen molar-refractivity contribution >= 4 is 29.2 Å². The molecule has 3 aliphatic heterocycles. The molecule has 4 aromatic rings. The van der Waals surface area contributed by atoms with Gasteiger partial charge in [-0.2, -0.15) is 0 Å². The van der Waals surface area contributed by atoms with Gasteiger partial charge in [0.15, 0.2) is 23.1 Å². The summed E-state index contributed by atoms with van der Waals surface area (Å²) < 4.78 is 10.9. The Bertz CT molecular complexity index is 1790. The van der Waals surface area contributed by atoms with Crippen LogP contribution in [0.25, 0.3) is 6.08 Å². The molecule has 3 aliphatic rings. The first-order valence-electron chi connectivity index (χ1n) is 13.7. The number of amides is 1. The number of nitrogens with zero attached hydrogens (tertiary/aromatic N) is 2. The molecule has 208 valence electrons. The Morgan fingerprint density at radius 1 is 0.881 bits per heavy atom. The summed E-state index contributed by atoms with van der Waals surface area (Å²) in [5.74, 6) is -1.23. The van der Waals surface area contributed by atoms with E-state index in [2.05, 4.69) is 10.3 Å². The molecule has 1 amide bonds. The highest BCUT2D eigenvalue weighted by molar-refractivity contribution is 6.16. The number of anilines is 1. The molecule has 0 saturated carbocycles. The second kappa shape index (κ2) is 9.69. The Labute approximate surface area is 242 Å². The highest BCUT2D eigenvalue weighted by atomic mass is 16.5. The van der Waals surface area contributed by atoms with Crippen LogP contribution >= 0.6 is 0 Å². The van der Waals surface area contributed by atoms with Gasteiger partial charge in [-0.1, -0.05) is 48.5 Å². The number of ether oxygens (including phenoxy) is 2. The number of carbonyl (C=O) groups is 3. The molecule has 0 aliphatic carbocycles. The smallest absolute Gasteiger partial charge is 0.238 e. The molecular formula is C34H27N3O5. The lowest BCUT2D eigenvalue weighted by Crippen LogP contribution is -2.49. The molecule has 42 heavy (non-hydrogen) atoms. The van der Waals surface area contributed by atoms with Crippen molar-refractivity contribution in [3.63, 3.8) is 0 Å². The number of nitrogens with one attached hydrogen (secondary N) is 1. The molecule has 4 heterocycles. The van der Waals surface area contributed by atoms with Crippen LogP contribution in [0.3, 0.4) is 0 Å². The zero-order valence-corrected chi connectivity index (χ0v) is 23.0. The first kappa shape index (κ1) is 25.7. The van der Waals surface area contributed by atoms with E-state index in [-0.39, 0.29) is 23.2 Å². The maximum absolute atomic E-state index is 14.7. The number of aromatic nitrogens is 1. The number of fused-ring (bicyclic) bond motifs is 6. The summed E-state index contributed by atoms with van der Waals surface area (Å²) in [5.41, 5.74) is 2.24. The van der Waals surface area contributed by atoms with Crippen molar-refractivity contribution in [3.8, 4) is 11.5 Å². The van der Waals surface area contributed by atoms with Crippen LogP contribution < -0.4 is 14.8 Å². The van der Waals surface area contributed by atoms with Crippen molar-refractivity contribution in [1.29, 1.82) is 0 Å². The molecule has 0 unspecified atom stereocenters. The van der Waals surface area contributed by atoms with Gasteiger partial charge in [-0.15, -0.1) is 0 Å². The predicted molar refractivity (Wildman–Crippen MR) is 157 cm³/mol. The molecule has 0 radical (unpaired) electrons. The molecular weight excluding hydrogens is 530 g/mol. The van der Waals surface area contributed by atoms with E-state index in [0.29, 0.717) is 28.3 Å². The monoisotopic (exact) mass is 557 g/mol. The van der Waals surface area contributed by atoms with Gasteiger partial charge in [0.2, 0.25) is 5.91 Å². The summed E-state index contributed by atoms with van der Waals surface area (Å²) in [6.45, 7) is 0. The van der Waals surface area contributed by atoms with Crippen LogP contribution in [0, 0.1) is 5.92 Å². The number of para-hydroxylation sites is 1. The van der Waals surface area contributed by atoms with Crippen LogP contribution in [0.15, 0.2) is 97.3 Å². The van der Waals surface area contributed by atoms with E-state index in [1.54, 1.807) is 42.6 Å². The molecule has 1 spiro atoms. The van der Waals surface area contributed by atoms with Gasteiger partial charge in [0.05, 0.1) is 26.2 Å². The highest BCUT2D eigenvalue weighted by Crippen LogP contribution is 2.62. The average Bonchev–Trinajstić information content (AvgIpc) is 3.52. The lowest BCUT2D eigenvalue weighted by Gasteiger charge is -2.38. The van der Waals surface area contributed by atoms with Gasteiger partial charge in [0.1, 0.15) is 17.2 Å². The molecule has 4 atom stereocenters. The standard InChI is InChI=1S/C34H27N3O5/c1-41-26-15-14-21(19-27(26)42-2)30(38)29-28(31(39)25-13-7-8-17-35-25)34(23-11-5-6-12-24(23)36-33(34)40)32-22-10-4-3-9-20(22)16-18-37(29)32/h3-19,28-29,32H,1-2H3,(H,36,40)/t28-,29-,32+,34-/m0/s1. The zero-order valence-electron chi connectivity index (χ0n) is 23.0. The van der Waals surface area contributed by atoms with E-state index >= 15 is 0 Å². The van der Waals surface area contributed by atoms with Gasteiger partial charge < -0.3 is 19.7 Å². The van der Waals surface area contributed by atoms with Crippen LogP contribution in [0.1, 0.15) is 43.6 Å². The minimum absolute atomic E-state index is 0.196. The molecule has 0 bridgehead atoms. The first-order chi connectivity index (χ1) is 20.5. The van der Waals surface area contributed by atoms with Crippen molar-refractivity contribution < 1.29 is 23.9 Å². The van der Waals surface area contributed by atoms with Crippen molar-refractivity contribution in [3.05, 3.63) is 125 Å². The maximum atomic E-state index is 14.7. The minimum atomic E-state index is -1.41. The summed E-state index contributed by atoms with van der Waals surface area (Å²) in [4.78, 5) is 50.1. The van der Waals surface area contributed by atoms with Crippen LogP contribution in [-0.2, 0) is 10.2 Å². The third-order valence-electron chi connectivity index (χ3n) is 8.71. The number of pyridine rings is 1. The largest absolute Gasteiger partial charge is 0.493 e. The van der Waals surface area contributed by atoms with Gasteiger partial charge >= 0.3 is 0 Å². The molecule has 1 N–H and O–H groups in total. The van der Waals surface area contributed by atoms with Crippen LogP contribution in [-0.4, -0.2) is 47.6 Å². The van der Waals surface area contributed by atoms with Gasteiger partial charge in [-0.05, 0) is 59.2 Å². The quantitative estimate of drug-likeness (QED) is 0.330. The van der Waals surface area contributed by atoms with Crippen LogP contribution in [0.2, 0.25) is 0 Å². The topological polar surface area (TPSA) is 97.8 Å². The Morgan fingerprint density at radius 3 is 2.43 bits per heavy atom. The number of hydrogen-bond donors (Lipinski definition) is 1. The normalized spacial score (nSPS) is 23.1. The molecule has 1 aromatic heterocycles. The van der Waals surface area contributed by atoms with Crippen molar-refractivity contribution in [2.45, 2.75) is 17.5 Å². The molecule has 1 fully saturated rings. The number of methoxy groups -OCH3 is 2. The Morgan fingerprint density at radius 2 is 1.64 bits per heavy atom. The van der Waals surface area contributed by atoms with Gasteiger partial charge in [0, 0.05) is 23.6 Å². The van der Waals surface area contributed by atoms with E-state index in [1.807, 2.05) is 65.7 Å². The Balaban J connectivity index is 1.52. The number of hydrogen-bond acceptors (Lipinski definition) is 7. The third kappa shape index (κ3) is 3.48. The van der Waals surface area contributed by atoms with Crippen LogP contribution in [0.5, 0.6) is 11.5 Å². The van der Waals surface area contributed by atoms with Gasteiger partial charge in [-0.25, -0.2) is 0 Å². The van der Waals surface area contributed by atoms with Crippen molar-refractivity contribution in [1.82, 2.24) is 9.88 Å². The Kier molecular flexibility index (Phi) is 5.93. The lowest BCUT2D eigenvalue weighted by molar-refractivity contribution is -0.122. The highest BCUT2D eigenvalue weighted by Gasteiger charge is 2.70. The predicted octanol–water partition coefficient (Wildman–Crippen LogP) is 5.08. The molecule has 7 rings (SSSR count). The summed E-state index contributed by atoms with van der Waals surface area (Å²) in [5, 5.41) is 3.05. The van der Waals surface area contributed by atoms with Gasteiger partial charge in [0.25, 0.3) is 0 Å². The van der Waals surface area contributed by atoms with Crippen molar-refractivity contribution in [2.75, 3.05) is 19.5 Å². The number of rotatable bonds is 6. The fraction of sp³-hybridized carbons (Fsp3) is 0.176. The Hall–Kier alpha value is -5.24. The SMILES string of the molecule is COc1ccc(C(=O)[C@@H]2[C@@H](C(=O)c3ccccn3)[C@]3(C(=O)Nc4ccccc43)[C@H]3c4ccccc4C=CN23)cc1OC. The number of ketones is 2. The number of Topliss-reactive ketones (excluding diaryl/α,β-unsaturated/α-hetero) is 2. The summed E-state index contributed by atoms with van der Waals surface area (Å²) in [6.07, 6.45) is 5.32. The fourth-order valence-corrected chi connectivity index (χ4v) is 7.00. The number of benzene rings is 3. The van der Waals surface area contributed by atoms with Gasteiger partial charge in [-0.3, -0.25) is 19.4 Å². The molecule has 3 aromatic carbocycles. The molecule has 1 saturated heterocycles. The first-order valence-corrected chi connectivity index (χ1v) is 13.7. The van der Waals surface area contributed by atoms with E-state index in [0.717, 1.165) is 11.1 Å². The molecule has 8 heteroatoms. The summed E-state index contributed by atoms with van der Waals surface area (Å²) >= 11 is 0. The van der Waals surface area contributed by atoms with E-state index < -0.39 is 23.4 Å². The van der Waals surface area contributed by atoms with Crippen LogP contribution in [0.4, 0.5) is 5.69 Å². The average molecular weight is 558 g/mol. The minimum Gasteiger partial charge on any atom is -0.493 e. The summed E-state index contributed by atoms with van der Waals surface area (Å²) in [7, 11) is 3.03. The number of carbonyl (C=O) groups excluding carboxylic acids is 3. The van der Waals surface area contributed by atoms with E-state index in [9.17, 15) is 14.4 Å². The van der Waals surface area contributed by atoms with Crippen molar-refractivity contribution in [2.24, 2.45) is 5.92 Å².